The van der Waals surface area contributed by atoms with Crippen molar-refractivity contribution in [1.29, 1.82) is 0 Å². The Morgan fingerprint density at radius 3 is 3.22 bits per heavy atom. The number of fused-ring (bicyclic) bond motifs is 1. The zero-order valence-corrected chi connectivity index (χ0v) is 9.98. The van der Waals surface area contributed by atoms with Gasteiger partial charge >= 0.3 is 0 Å². The van der Waals surface area contributed by atoms with Crippen LogP contribution in [0.1, 0.15) is 23.7 Å². The van der Waals surface area contributed by atoms with Crippen LogP contribution in [-0.4, -0.2) is 24.2 Å². The molecule has 0 aromatic heterocycles. The van der Waals surface area contributed by atoms with Gasteiger partial charge in [0, 0.05) is 0 Å². The van der Waals surface area contributed by atoms with Crippen molar-refractivity contribution in [3.8, 4) is 18.1 Å². The maximum Gasteiger partial charge on any atom is 0.258 e. The van der Waals surface area contributed by atoms with Crippen molar-refractivity contribution in [2.24, 2.45) is 0 Å². The second-order valence-corrected chi connectivity index (χ2v) is 4.18. The number of ether oxygens (including phenoxy) is 1. The summed E-state index contributed by atoms with van der Waals surface area (Å²) in [5.41, 5.74) is 2.04. The summed E-state index contributed by atoms with van der Waals surface area (Å²) in [6.45, 7) is 0.154. The van der Waals surface area contributed by atoms with Crippen molar-refractivity contribution < 1.29 is 14.6 Å². The van der Waals surface area contributed by atoms with Crippen LogP contribution in [0.15, 0.2) is 18.2 Å². The van der Waals surface area contributed by atoms with E-state index in [1.807, 2.05) is 12.1 Å². The SMILES string of the molecule is C#CCNC(=O)COc1ccc2c(c1)CC[C@H]2O. The van der Waals surface area contributed by atoms with E-state index in [0.717, 1.165) is 24.0 Å². The fourth-order valence-electron chi connectivity index (χ4n) is 2.01. The minimum absolute atomic E-state index is 0.0526. The Morgan fingerprint density at radius 2 is 2.44 bits per heavy atom. The molecule has 0 heterocycles. The van der Waals surface area contributed by atoms with E-state index in [9.17, 15) is 9.90 Å². The molecule has 4 heteroatoms. The fraction of sp³-hybridized carbons (Fsp3) is 0.357. The highest BCUT2D eigenvalue weighted by atomic mass is 16.5. The van der Waals surface area contributed by atoms with Crippen LogP contribution in [0.2, 0.25) is 0 Å². The number of nitrogens with one attached hydrogen (secondary N) is 1. The molecule has 0 radical (unpaired) electrons. The molecule has 4 nitrogen and oxygen atoms in total. The van der Waals surface area contributed by atoms with E-state index in [1.54, 1.807) is 6.07 Å². The highest BCUT2D eigenvalue weighted by Crippen LogP contribution is 2.33. The number of rotatable bonds is 4. The van der Waals surface area contributed by atoms with Gasteiger partial charge in [0.25, 0.3) is 5.91 Å². The molecule has 1 amide bonds. The van der Waals surface area contributed by atoms with Gasteiger partial charge in [-0.2, -0.15) is 0 Å². The van der Waals surface area contributed by atoms with Gasteiger partial charge in [-0.1, -0.05) is 12.0 Å². The molecule has 0 saturated carbocycles. The standard InChI is InChI=1S/C14H15NO3/c1-2-7-15-14(17)9-18-11-4-5-12-10(8-11)3-6-13(12)16/h1,4-5,8,13,16H,3,6-7,9H2,(H,15,17)/t13-/m1/s1. The zero-order valence-electron chi connectivity index (χ0n) is 9.98. The van der Waals surface area contributed by atoms with Crippen LogP contribution < -0.4 is 10.1 Å². The highest BCUT2D eigenvalue weighted by Gasteiger charge is 2.20. The van der Waals surface area contributed by atoms with Crippen molar-refractivity contribution in [1.82, 2.24) is 5.32 Å². The lowest BCUT2D eigenvalue weighted by Crippen LogP contribution is -2.29. The largest absolute Gasteiger partial charge is 0.484 e. The molecule has 0 fully saturated rings. The Hall–Kier alpha value is -1.99. The summed E-state index contributed by atoms with van der Waals surface area (Å²) in [5, 5.41) is 12.2. The van der Waals surface area contributed by atoms with Crippen molar-refractivity contribution >= 4 is 5.91 Å². The van der Waals surface area contributed by atoms with E-state index in [1.165, 1.54) is 0 Å². The molecule has 0 aliphatic heterocycles. The molecule has 2 rings (SSSR count). The Balaban J connectivity index is 1.91. The number of carbonyl (C=O) groups is 1. The lowest BCUT2D eigenvalue weighted by Gasteiger charge is -2.08. The number of benzene rings is 1. The van der Waals surface area contributed by atoms with Gasteiger partial charge in [-0.05, 0) is 36.1 Å². The topological polar surface area (TPSA) is 58.6 Å². The number of aliphatic hydroxyl groups is 1. The van der Waals surface area contributed by atoms with Gasteiger partial charge in [-0.15, -0.1) is 6.42 Å². The predicted octanol–water partition coefficient (Wildman–Crippen LogP) is 0.794. The Labute approximate surface area is 106 Å². The predicted molar refractivity (Wildman–Crippen MR) is 67.1 cm³/mol. The second kappa shape index (κ2) is 5.56. The maximum absolute atomic E-state index is 11.3. The second-order valence-electron chi connectivity index (χ2n) is 4.18. The molecular weight excluding hydrogens is 230 g/mol. The van der Waals surface area contributed by atoms with E-state index in [4.69, 9.17) is 11.2 Å². The van der Waals surface area contributed by atoms with Crippen LogP contribution in [0, 0.1) is 12.3 Å². The van der Waals surface area contributed by atoms with Crippen LogP contribution in [0.4, 0.5) is 0 Å². The average molecular weight is 245 g/mol. The van der Waals surface area contributed by atoms with Crippen LogP contribution in [-0.2, 0) is 11.2 Å². The summed E-state index contributed by atoms with van der Waals surface area (Å²) in [5.74, 6) is 2.72. The first-order valence-corrected chi connectivity index (χ1v) is 5.84. The van der Waals surface area contributed by atoms with Crippen LogP contribution in [0.3, 0.4) is 0 Å². The Kier molecular flexibility index (Phi) is 3.85. The molecular formula is C14H15NO3. The van der Waals surface area contributed by atoms with Gasteiger partial charge in [-0.25, -0.2) is 0 Å². The molecule has 0 saturated heterocycles. The van der Waals surface area contributed by atoms with Gasteiger partial charge in [-0.3, -0.25) is 4.79 Å². The fourth-order valence-corrected chi connectivity index (χ4v) is 2.01. The first kappa shape index (κ1) is 12.5. The summed E-state index contributed by atoms with van der Waals surface area (Å²) in [7, 11) is 0. The molecule has 0 unspecified atom stereocenters. The Morgan fingerprint density at radius 1 is 1.61 bits per heavy atom. The van der Waals surface area contributed by atoms with Crippen molar-refractivity contribution in [2.75, 3.05) is 13.2 Å². The molecule has 1 atom stereocenters. The van der Waals surface area contributed by atoms with Gasteiger partial charge in [0.1, 0.15) is 5.75 Å². The third kappa shape index (κ3) is 2.82. The first-order chi connectivity index (χ1) is 8.70. The number of terminal acetylenes is 1. The summed E-state index contributed by atoms with van der Waals surface area (Å²) >= 11 is 0. The van der Waals surface area contributed by atoms with Crippen LogP contribution >= 0.6 is 0 Å². The number of aryl methyl sites for hydroxylation is 1. The van der Waals surface area contributed by atoms with E-state index >= 15 is 0 Å². The molecule has 1 aliphatic carbocycles. The van der Waals surface area contributed by atoms with Gasteiger partial charge < -0.3 is 15.2 Å². The molecule has 1 aromatic rings. The van der Waals surface area contributed by atoms with Gasteiger partial charge in [0.2, 0.25) is 0 Å². The quantitative estimate of drug-likeness (QED) is 0.771. The molecule has 18 heavy (non-hydrogen) atoms. The van der Waals surface area contributed by atoms with Crippen molar-refractivity contribution in [3.63, 3.8) is 0 Å². The monoisotopic (exact) mass is 245 g/mol. The van der Waals surface area contributed by atoms with Crippen molar-refractivity contribution in [3.05, 3.63) is 29.3 Å². The summed E-state index contributed by atoms with van der Waals surface area (Å²) in [6, 6.07) is 5.49. The minimum Gasteiger partial charge on any atom is -0.484 e. The summed E-state index contributed by atoms with van der Waals surface area (Å²) in [4.78, 5) is 11.3. The Bertz CT molecular complexity index is 490. The van der Waals surface area contributed by atoms with E-state index in [2.05, 4.69) is 11.2 Å². The average Bonchev–Trinajstić information content (AvgIpc) is 2.75. The van der Waals surface area contributed by atoms with Gasteiger partial charge in [0.05, 0.1) is 12.6 Å². The lowest BCUT2D eigenvalue weighted by molar-refractivity contribution is -0.122. The third-order valence-corrected chi connectivity index (χ3v) is 2.92. The molecule has 0 bridgehead atoms. The third-order valence-electron chi connectivity index (χ3n) is 2.92. The number of carbonyl (C=O) groups excluding carboxylic acids is 1. The number of hydrogen-bond donors (Lipinski definition) is 2. The molecule has 94 valence electrons. The van der Waals surface area contributed by atoms with E-state index < -0.39 is 0 Å². The van der Waals surface area contributed by atoms with E-state index in [-0.39, 0.29) is 25.2 Å². The number of aliphatic hydroxyl groups excluding tert-OH is 1. The lowest BCUT2D eigenvalue weighted by atomic mass is 10.1. The molecule has 2 N–H and O–H groups in total. The van der Waals surface area contributed by atoms with Crippen molar-refractivity contribution in [2.45, 2.75) is 18.9 Å². The first-order valence-electron chi connectivity index (χ1n) is 5.84. The van der Waals surface area contributed by atoms with Gasteiger partial charge in [0.15, 0.2) is 6.61 Å². The smallest absolute Gasteiger partial charge is 0.258 e. The number of amides is 1. The molecule has 0 spiro atoms. The van der Waals surface area contributed by atoms with Crippen LogP contribution in [0.25, 0.3) is 0 Å². The molecule has 1 aliphatic rings. The normalized spacial score (nSPS) is 16.8. The zero-order chi connectivity index (χ0) is 13.0. The van der Waals surface area contributed by atoms with E-state index in [0.29, 0.717) is 5.75 Å². The van der Waals surface area contributed by atoms with Crippen LogP contribution in [0.5, 0.6) is 5.75 Å². The summed E-state index contributed by atoms with van der Waals surface area (Å²) < 4.78 is 5.36. The maximum atomic E-state index is 11.3. The highest BCUT2D eigenvalue weighted by molar-refractivity contribution is 5.77. The number of hydrogen-bond acceptors (Lipinski definition) is 3. The summed E-state index contributed by atoms with van der Waals surface area (Å²) in [6.07, 6.45) is 6.26. The molecule has 1 aromatic carbocycles. The minimum atomic E-state index is -0.368.